The Kier molecular flexibility index (Phi) is 3.95. The number of fused-ring (bicyclic) bond motifs is 1. The van der Waals surface area contributed by atoms with E-state index in [9.17, 15) is 4.79 Å². The van der Waals surface area contributed by atoms with Gasteiger partial charge in [0.15, 0.2) is 5.13 Å². The first-order chi connectivity index (χ1) is 12.2. The van der Waals surface area contributed by atoms with Crippen molar-refractivity contribution in [3.63, 3.8) is 0 Å². The van der Waals surface area contributed by atoms with Crippen LogP contribution in [0.1, 0.15) is 10.4 Å². The number of rotatable bonds is 4. The number of nitrogens with zero attached hydrogens (tertiary/aromatic N) is 1. The van der Waals surface area contributed by atoms with Crippen LogP contribution < -0.4 is 10.1 Å². The summed E-state index contributed by atoms with van der Waals surface area (Å²) in [7, 11) is 1.64. The van der Waals surface area contributed by atoms with Crippen molar-refractivity contribution < 1.29 is 9.53 Å². The summed E-state index contributed by atoms with van der Waals surface area (Å²) in [5, 5.41) is 6.26. The Labute approximate surface area is 148 Å². The Bertz CT molecular complexity index is 1030. The van der Waals surface area contributed by atoms with E-state index in [1.807, 2.05) is 53.9 Å². The number of methoxy groups -OCH3 is 1. The lowest BCUT2D eigenvalue weighted by molar-refractivity contribution is 0.102. The van der Waals surface area contributed by atoms with E-state index >= 15 is 0 Å². The summed E-state index contributed by atoms with van der Waals surface area (Å²) in [6.07, 6.45) is 1.72. The number of H-pyrrole nitrogens is 1. The molecule has 0 aliphatic carbocycles. The number of benzene rings is 2. The molecule has 0 aliphatic heterocycles. The highest BCUT2D eigenvalue weighted by molar-refractivity contribution is 7.14. The smallest absolute Gasteiger partial charge is 0.259 e. The lowest BCUT2D eigenvalue weighted by Gasteiger charge is -2.01. The third kappa shape index (κ3) is 2.99. The quantitative estimate of drug-likeness (QED) is 0.568. The molecule has 0 radical (unpaired) electrons. The van der Waals surface area contributed by atoms with Gasteiger partial charge >= 0.3 is 0 Å². The minimum Gasteiger partial charge on any atom is -0.497 e. The van der Waals surface area contributed by atoms with Crippen molar-refractivity contribution in [1.82, 2.24) is 9.97 Å². The zero-order chi connectivity index (χ0) is 17.2. The minimum atomic E-state index is -0.173. The van der Waals surface area contributed by atoms with Crippen molar-refractivity contribution in [2.24, 2.45) is 0 Å². The van der Waals surface area contributed by atoms with E-state index in [1.165, 1.54) is 11.3 Å². The van der Waals surface area contributed by atoms with Gasteiger partial charge in [-0.05, 0) is 30.3 Å². The number of aromatic nitrogens is 2. The first-order valence-electron chi connectivity index (χ1n) is 7.72. The van der Waals surface area contributed by atoms with E-state index in [0.717, 1.165) is 27.9 Å². The van der Waals surface area contributed by atoms with E-state index in [1.54, 1.807) is 13.3 Å². The second-order valence-electron chi connectivity index (χ2n) is 5.47. The molecule has 4 aromatic rings. The van der Waals surface area contributed by atoms with Crippen LogP contribution in [-0.2, 0) is 0 Å². The zero-order valence-electron chi connectivity index (χ0n) is 13.4. The predicted molar refractivity (Wildman–Crippen MR) is 100 cm³/mol. The summed E-state index contributed by atoms with van der Waals surface area (Å²) in [5.74, 6) is 0.625. The molecule has 2 N–H and O–H groups in total. The van der Waals surface area contributed by atoms with Crippen LogP contribution in [0.3, 0.4) is 0 Å². The Morgan fingerprint density at radius 1 is 1.16 bits per heavy atom. The number of nitrogens with one attached hydrogen (secondary N) is 2. The predicted octanol–water partition coefficient (Wildman–Crippen LogP) is 4.55. The van der Waals surface area contributed by atoms with Crippen molar-refractivity contribution in [1.29, 1.82) is 0 Å². The Morgan fingerprint density at radius 2 is 1.96 bits per heavy atom. The van der Waals surface area contributed by atoms with Crippen molar-refractivity contribution in [3.05, 3.63) is 65.7 Å². The van der Waals surface area contributed by atoms with Gasteiger partial charge in [0.1, 0.15) is 5.75 Å². The largest absolute Gasteiger partial charge is 0.497 e. The van der Waals surface area contributed by atoms with Crippen LogP contribution in [0.4, 0.5) is 5.13 Å². The van der Waals surface area contributed by atoms with E-state index < -0.39 is 0 Å². The second kappa shape index (κ2) is 6.41. The Balaban J connectivity index is 1.55. The van der Waals surface area contributed by atoms with Crippen LogP contribution in [0, 0.1) is 0 Å². The molecule has 0 aliphatic rings. The summed E-state index contributed by atoms with van der Waals surface area (Å²) in [6, 6.07) is 15.4. The standard InChI is InChI=1S/C19H15N3O2S/c1-24-13-8-6-12(7-9-13)17-11-25-19(21-17)22-18(23)15-10-20-16-5-3-2-4-14(15)16/h2-11,20H,1H3,(H,21,22,23). The van der Waals surface area contributed by atoms with Gasteiger partial charge in [-0.15, -0.1) is 11.3 Å². The van der Waals surface area contributed by atoms with Crippen LogP contribution in [0.2, 0.25) is 0 Å². The molecule has 2 aromatic heterocycles. The molecule has 0 saturated carbocycles. The van der Waals surface area contributed by atoms with E-state index in [2.05, 4.69) is 15.3 Å². The minimum absolute atomic E-state index is 0.173. The summed E-state index contributed by atoms with van der Waals surface area (Å²) in [5.41, 5.74) is 3.34. The number of anilines is 1. The van der Waals surface area contributed by atoms with Gasteiger partial charge in [-0.25, -0.2) is 4.98 Å². The third-order valence-corrected chi connectivity index (χ3v) is 4.70. The second-order valence-corrected chi connectivity index (χ2v) is 6.33. The lowest BCUT2D eigenvalue weighted by Crippen LogP contribution is -2.11. The van der Waals surface area contributed by atoms with Gasteiger partial charge in [0.25, 0.3) is 5.91 Å². The number of carbonyl (C=O) groups is 1. The average molecular weight is 349 g/mol. The molecule has 6 heteroatoms. The molecule has 0 spiro atoms. The fraction of sp³-hybridized carbons (Fsp3) is 0.0526. The molecule has 5 nitrogen and oxygen atoms in total. The number of para-hydroxylation sites is 1. The van der Waals surface area contributed by atoms with Crippen LogP contribution in [0.5, 0.6) is 5.75 Å². The van der Waals surface area contributed by atoms with Crippen LogP contribution in [0.25, 0.3) is 22.2 Å². The number of thiazole rings is 1. The number of hydrogen-bond acceptors (Lipinski definition) is 4. The van der Waals surface area contributed by atoms with Crippen molar-refractivity contribution >= 4 is 33.3 Å². The number of carbonyl (C=O) groups excluding carboxylic acids is 1. The van der Waals surface area contributed by atoms with Gasteiger partial charge in [0.2, 0.25) is 0 Å². The molecule has 0 fully saturated rings. The van der Waals surface area contributed by atoms with E-state index in [4.69, 9.17) is 4.74 Å². The molecule has 0 atom stereocenters. The molecule has 25 heavy (non-hydrogen) atoms. The van der Waals surface area contributed by atoms with Gasteiger partial charge in [0, 0.05) is 28.0 Å². The summed E-state index contributed by atoms with van der Waals surface area (Å²) < 4.78 is 5.16. The van der Waals surface area contributed by atoms with Crippen molar-refractivity contribution in [2.75, 3.05) is 12.4 Å². The monoisotopic (exact) mass is 349 g/mol. The number of amides is 1. The number of aromatic amines is 1. The van der Waals surface area contributed by atoms with Gasteiger partial charge < -0.3 is 9.72 Å². The fourth-order valence-electron chi connectivity index (χ4n) is 2.65. The molecular weight excluding hydrogens is 334 g/mol. The van der Waals surface area contributed by atoms with Crippen molar-refractivity contribution in [2.45, 2.75) is 0 Å². The fourth-order valence-corrected chi connectivity index (χ4v) is 3.36. The highest BCUT2D eigenvalue weighted by Crippen LogP contribution is 2.27. The Morgan fingerprint density at radius 3 is 2.76 bits per heavy atom. The topological polar surface area (TPSA) is 67.0 Å². The molecule has 0 saturated heterocycles. The molecule has 0 bridgehead atoms. The molecule has 124 valence electrons. The molecule has 0 unspecified atom stereocenters. The van der Waals surface area contributed by atoms with Gasteiger partial charge in [-0.1, -0.05) is 18.2 Å². The first-order valence-corrected chi connectivity index (χ1v) is 8.60. The summed E-state index contributed by atoms with van der Waals surface area (Å²) in [4.78, 5) is 20.1. The van der Waals surface area contributed by atoms with Gasteiger partial charge in [-0.3, -0.25) is 10.1 Å². The normalized spacial score (nSPS) is 10.8. The van der Waals surface area contributed by atoms with Crippen LogP contribution >= 0.6 is 11.3 Å². The SMILES string of the molecule is COc1ccc(-c2csc(NC(=O)c3c[nH]c4ccccc34)n2)cc1. The third-order valence-electron chi connectivity index (χ3n) is 3.94. The van der Waals surface area contributed by atoms with Crippen molar-refractivity contribution in [3.8, 4) is 17.0 Å². The highest BCUT2D eigenvalue weighted by Gasteiger charge is 2.14. The maximum Gasteiger partial charge on any atom is 0.259 e. The summed E-state index contributed by atoms with van der Waals surface area (Å²) in [6.45, 7) is 0. The number of ether oxygens (including phenoxy) is 1. The molecule has 2 heterocycles. The summed E-state index contributed by atoms with van der Waals surface area (Å²) >= 11 is 1.40. The molecule has 4 rings (SSSR count). The van der Waals surface area contributed by atoms with E-state index in [-0.39, 0.29) is 5.91 Å². The molecule has 1 amide bonds. The van der Waals surface area contributed by atoms with Crippen LogP contribution in [-0.4, -0.2) is 23.0 Å². The van der Waals surface area contributed by atoms with Crippen LogP contribution in [0.15, 0.2) is 60.1 Å². The molecular formula is C19H15N3O2S. The highest BCUT2D eigenvalue weighted by atomic mass is 32.1. The number of hydrogen-bond donors (Lipinski definition) is 2. The zero-order valence-corrected chi connectivity index (χ0v) is 14.3. The average Bonchev–Trinajstić information content (AvgIpc) is 3.28. The lowest BCUT2D eigenvalue weighted by atomic mass is 10.1. The maximum atomic E-state index is 12.5. The van der Waals surface area contributed by atoms with E-state index in [0.29, 0.717) is 10.7 Å². The van der Waals surface area contributed by atoms with Gasteiger partial charge in [0.05, 0.1) is 18.4 Å². The first kappa shape index (κ1) is 15.4. The van der Waals surface area contributed by atoms with Gasteiger partial charge in [-0.2, -0.15) is 0 Å². The Hall–Kier alpha value is -3.12. The molecule has 2 aromatic carbocycles. The maximum absolute atomic E-state index is 12.5.